The van der Waals surface area contributed by atoms with Crippen LogP contribution < -0.4 is 0 Å². The van der Waals surface area contributed by atoms with Crippen molar-refractivity contribution < 1.29 is 0 Å². The van der Waals surface area contributed by atoms with E-state index in [0.717, 1.165) is 0 Å². The zero-order valence-electron chi connectivity index (χ0n) is 26.7. The predicted molar refractivity (Wildman–Crippen MR) is 203 cm³/mol. The first kappa shape index (κ1) is 33.0. The molecular weight excluding hydrogens is 653 g/mol. The Morgan fingerprint density at radius 2 is 0.478 bits per heavy atom. The molecule has 0 nitrogen and oxygen atoms in total. The van der Waals surface area contributed by atoms with Crippen molar-refractivity contribution in [3.05, 3.63) is 155 Å². The summed E-state index contributed by atoms with van der Waals surface area (Å²) < 4.78 is 0. The van der Waals surface area contributed by atoms with Gasteiger partial charge in [-0.25, -0.2) is 0 Å². The van der Waals surface area contributed by atoms with Gasteiger partial charge in [0.25, 0.3) is 0 Å². The molecule has 230 valence electrons. The van der Waals surface area contributed by atoms with E-state index in [9.17, 15) is 0 Å². The average Bonchev–Trinajstić information content (AvgIpc) is 3.05. The number of benzene rings is 6. The maximum absolute atomic E-state index is 2.43. The van der Waals surface area contributed by atoms with Crippen LogP contribution in [0.1, 0.15) is 27.8 Å². The summed E-state index contributed by atoms with van der Waals surface area (Å²) in [7, 11) is 0. The van der Waals surface area contributed by atoms with Crippen LogP contribution in [0.3, 0.4) is 0 Å². The van der Waals surface area contributed by atoms with Crippen molar-refractivity contribution in [2.24, 2.45) is 0 Å². The highest BCUT2D eigenvalue weighted by atomic mass is 32.2. The van der Waals surface area contributed by atoms with Gasteiger partial charge >= 0.3 is 0 Å². The molecule has 6 aromatic rings. The van der Waals surface area contributed by atoms with E-state index in [-0.39, 0.29) is 0 Å². The highest BCUT2D eigenvalue weighted by molar-refractivity contribution is 8.05. The molecule has 0 bridgehead atoms. The Bertz CT molecular complexity index is 1790. The van der Waals surface area contributed by atoms with Crippen molar-refractivity contribution >= 4 is 58.8 Å². The average molecular weight is 689 g/mol. The highest BCUT2D eigenvalue weighted by Gasteiger charge is 2.23. The van der Waals surface area contributed by atoms with E-state index >= 15 is 0 Å². The Labute approximate surface area is 295 Å². The van der Waals surface area contributed by atoms with Gasteiger partial charge in [-0.1, -0.05) is 147 Å². The van der Waals surface area contributed by atoms with E-state index in [0.29, 0.717) is 0 Å². The Hall–Kier alpha value is -2.93. The fourth-order valence-electron chi connectivity index (χ4n) is 4.65. The minimum Gasteiger partial charge on any atom is -0.0888 e. The van der Waals surface area contributed by atoms with Gasteiger partial charge in [-0.15, -0.1) is 0 Å². The fraction of sp³-hybridized carbons (Fsp3) is 0.122. The van der Waals surface area contributed by atoms with E-state index in [4.69, 9.17) is 0 Å². The van der Waals surface area contributed by atoms with Gasteiger partial charge in [0.1, 0.15) is 0 Å². The van der Waals surface area contributed by atoms with Gasteiger partial charge in [-0.3, -0.25) is 0 Å². The summed E-state index contributed by atoms with van der Waals surface area (Å²) in [6, 6.07) is 47.1. The molecule has 0 fully saturated rings. The maximum atomic E-state index is 2.43. The van der Waals surface area contributed by atoms with Crippen molar-refractivity contribution in [2.75, 3.05) is 0 Å². The number of hydrogen-bond donors (Lipinski definition) is 0. The van der Waals surface area contributed by atoms with Gasteiger partial charge in [0, 0.05) is 49.0 Å². The Morgan fingerprint density at radius 3 is 0.739 bits per heavy atom. The van der Waals surface area contributed by atoms with E-state index < -0.39 is 0 Å². The SMILES string of the molecule is Cc1ccc(Sc2cc(Sc3ccc(C)cc3)c(Sc3ccc(C)cc3)c(Sc3ccc(C)cc3)c2Sc2ccc(C)cc2)cc1. The lowest BCUT2D eigenvalue weighted by Crippen LogP contribution is -1.93. The molecule has 6 aromatic carbocycles. The maximum Gasteiger partial charge on any atom is 0.0424 e. The Morgan fingerprint density at radius 1 is 0.261 bits per heavy atom. The topological polar surface area (TPSA) is 0 Å². The molecule has 0 atom stereocenters. The second-order valence-electron chi connectivity index (χ2n) is 11.4. The third-order valence-electron chi connectivity index (χ3n) is 7.34. The fourth-order valence-corrected chi connectivity index (χ4v) is 10.4. The van der Waals surface area contributed by atoms with Crippen molar-refractivity contribution in [1.82, 2.24) is 0 Å². The first-order chi connectivity index (χ1) is 22.3. The summed E-state index contributed by atoms with van der Waals surface area (Å²) >= 11 is 9.35. The van der Waals surface area contributed by atoms with Gasteiger partial charge in [0.05, 0.1) is 0 Å². The third-order valence-corrected chi connectivity index (χ3v) is 13.4. The molecular formula is C41H36S5. The summed E-state index contributed by atoms with van der Waals surface area (Å²) in [4.78, 5) is 12.6. The molecule has 0 aromatic heterocycles. The number of hydrogen-bond acceptors (Lipinski definition) is 5. The lowest BCUT2D eigenvalue weighted by atomic mass is 10.2. The van der Waals surface area contributed by atoms with Crippen molar-refractivity contribution in [3.63, 3.8) is 0 Å². The van der Waals surface area contributed by atoms with Gasteiger partial charge in [0.2, 0.25) is 0 Å². The molecule has 0 aliphatic rings. The first-order valence-electron chi connectivity index (χ1n) is 15.2. The quantitative estimate of drug-likeness (QED) is 0.140. The second kappa shape index (κ2) is 15.3. The second-order valence-corrected chi connectivity index (χ2v) is 16.9. The molecule has 0 saturated heterocycles. The summed E-state index contributed by atoms with van der Waals surface area (Å²) in [6.45, 7) is 10.8. The molecule has 6 rings (SSSR count). The molecule has 0 heterocycles. The molecule has 0 radical (unpaired) electrons. The van der Waals surface area contributed by atoms with Crippen LogP contribution >= 0.6 is 58.8 Å². The van der Waals surface area contributed by atoms with Crippen LogP contribution in [-0.2, 0) is 0 Å². The molecule has 0 saturated carbocycles. The van der Waals surface area contributed by atoms with Crippen LogP contribution in [0, 0.1) is 34.6 Å². The molecule has 0 unspecified atom stereocenters. The van der Waals surface area contributed by atoms with Crippen LogP contribution in [0.5, 0.6) is 0 Å². The highest BCUT2D eigenvalue weighted by Crippen LogP contribution is 2.54. The molecule has 0 aliphatic heterocycles. The van der Waals surface area contributed by atoms with E-state index in [1.807, 2.05) is 58.8 Å². The van der Waals surface area contributed by atoms with Crippen molar-refractivity contribution in [3.8, 4) is 0 Å². The summed E-state index contributed by atoms with van der Waals surface area (Å²) in [6.07, 6.45) is 0. The minimum absolute atomic E-state index is 1.24. The summed E-state index contributed by atoms with van der Waals surface area (Å²) in [5, 5.41) is 0. The van der Waals surface area contributed by atoms with E-state index in [2.05, 4.69) is 162 Å². The molecule has 0 aliphatic carbocycles. The molecule has 0 N–H and O–H groups in total. The van der Waals surface area contributed by atoms with Gasteiger partial charge in [0.15, 0.2) is 0 Å². The van der Waals surface area contributed by atoms with Crippen LogP contribution in [0.15, 0.2) is 176 Å². The summed E-state index contributed by atoms with van der Waals surface area (Å²) in [5.41, 5.74) is 6.36. The van der Waals surface area contributed by atoms with Crippen molar-refractivity contribution in [2.45, 2.75) is 83.6 Å². The minimum atomic E-state index is 1.24. The first-order valence-corrected chi connectivity index (χ1v) is 19.3. The van der Waals surface area contributed by atoms with Crippen molar-refractivity contribution in [1.29, 1.82) is 0 Å². The molecule has 0 spiro atoms. The lowest BCUT2D eigenvalue weighted by Gasteiger charge is -2.22. The molecule has 5 heteroatoms. The predicted octanol–water partition coefficient (Wildman–Crippen LogP) is 14.0. The number of aryl methyl sites for hydroxylation is 5. The van der Waals surface area contributed by atoms with Gasteiger partial charge in [-0.2, -0.15) is 0 Å². The smallest absolute Gasteiger partial charge is 0.0424 e. The molecule has 0 amide bonds. The van der Waals surface area contributed by atoms with Gasteiger partial charge in [-0.05, 0) is 101 Å². The van der Waals surface area contributed by atoms with E-state index in [1.54, 1.807) is 0 Å². The van der Waals surface area contributed by atoms with Crippen LogP contribution in [0.4, 0.5) is 0 Å². The van der Waals surface area contributed by atoms with E-state index in [1.165, 1.54) is 76.8 Å². The van der Waals surface area contributed by atoms with Crippen LogP contribution in [0.2, 0.25) is 0 Å². The monoisotopic (exact) mass is 688 g/mol. The Kier molecular flexibility index (Phi) is 11.0. The zero-order valence-corrected chi connectivity index (χ0v) is 30.7. The third kappa shape index (κ3) is 8.70. The van der Waals surface area contributed by atoms with Gasteiger partial charge < -0.3 is 0 Å². The zero-order chi connectivity index (χ0) is 32.0. The number of rotatable bonds is 10. The normalized spacial score (nSPS) is 11.2. The largest absolute Gasteiger partial charge is 0.0888 e. The van der Waals surface area contributed by atoms with Crippen LogP contribution in [-0.4, -0.2) is 0 Å². The Balaban J connectivity index is 1.59. The standard InChI is InChI=1S/C41H36S5/c1-27-6-16-32(17-7-27)42-37-26-38(43-33-18-8-28(2)9-19-33)40(45-35-22-12-30(4)13-23-35)41(46-36-24-14-31(5)15-25-36)39(37)44-34-20-10-29(3)11-21-34/h6-26H,1-5H3. The molecule has 46 heavy (non-hydrogen) atoms. The lowest BCUT2D eigenvalue weighted by molar-refractivity contribution is 0.957. The van der Waals surface area contributed by atoms with Crippen LogP contribution in [0.25, 0.3) is 0 Å². The summed E-state index contributed by atoms with van der Waals surface area (Å²) in [5.74, 6) is 0.